The van der Waals surface area contributed by atoms with E-state index >= 15 is 0 Å². The molecule has 268 valence electrons. The summed E-state index contributed by atoms with van der Waals surface area (Å²) in [5, 5.41) is 18.0. The Balaban J connectivity index is 1.13. The zero-order valence-electron chi connectivity index (χ0n) is 27.6. The van der Waals surface area contributed by atoms with E-state index in [2.05, 4.69) is 35.9 Å². The molecule has 1 spiro atoms. The molecule has 1 N–H and O–H groups in total. The average molecular weight is 707 g/mol. The van der Waals surface area contributed by atoms with Gasteiger partial charge in [-0.25, -0.2) is 28.2 Å². The van der Waals surface area contributed by atoms with E-state index in [-0.39, 0.29) is 52.9 Å². The van der Waals surface area contributed by atoms with Crippen LogP contribution in [-0.2, 0) is 11.3 Å². The van der Waals surface area contributed by atoms with Gasteiger partial charge in [0.1, 0.15) is 29.5 Å². The molecule has 3 aromatic heterocycles. The van der Waals surface area contributed by atoms with Crippen molar-refractivity contribution >= 4 is 17.7 Å². The number of halogens is 5. The van der Waals surface area contributed by atoms with E-state index in [9.17, 15) is 26.7 Å². The molecule has 1 aliphatic heterocycles. The Kier molecular flexibility index (Phi) is 9.25. The maximum absolute atomic E-state index is 13.8. The molecule has 1 amide bonds. The van der Waals surface area contributed by atoms with Crippen molar-refractivity contribution in [3.8, 4) is 22.8 Å². The van der Waals surface area contributed by atoms with Crippen molar-refractivity contribution in [1.29, 1.82) is 0 Å². The van der Waals surface area contributed by atoms with Crippen LogP contribution in [0.25, 0.3) is 11.1 Å². The number of nitrogens with one attached hydrogen (secondary N) is 1. The van der Waals surface area contributed by atoms with E-state index < -0.39 is 30.9 Å². The van der Waals surface area contributed by atoms with E-state index in [0.717, 1.165) is 0 Å². The Morgan fingerprint density at radius 1 is 1.10 bits per heavy atom. The van der Waals surface area contributed by atoms with E-state index in [4.69, 9.17) is 14.2 Å². The molecule has 1 saturated carbocycles. The highest BCUT2D eigenvalue weighted by Gasteiger charge is 2.55. The summed E-state index contributed by atoms with van der Waals surface area (Å²) < 4.78 is 86.0. The summed E-state index contributed by atoms with van der Waals surface area (Å²) in [5.74, 6) is -0.269. The molecule has 6 rings (SSSR count). The minimum Gasteiger partial charge on any atom is -0.488 e. The predicted molar refractivity (Wildman–Crippen MR) is 166 cm³/mol. The van der Waals surface area contributed by atoms with E-state index in [1.165, 1.54) is 47.8 Å². The summed E-state index contributed by atoms with van der Waals surface area (Å²) in [5.41, 5.74) is 0.0927. The fourth-order valence-corrected chi connectivity index (χ4v) is 5.95. The van der Waals surface area contributed by atoms with E-state index in [0.29, 0.717) is 37.1 Å². The molecule has 4 heterocycles. The lowest BCUT2D eigenvalue weighted by Crippen LogP contribution is -2.64. The standard InChI is InChI=1S/C31H35F5N10O4/c1-18(12-45-17-39-42-43-45)49-24-7-19(5-6-22(24)25(32)33)20-10-37-27(38-11-20)40-23-13-46(41-26(23)48-16-31(34,35)36)21-8-30(9-21)14-44(15-30)28(47)50-29(2,3)4/h5-7,10-11,13,17-18,21,25H,8-9,12,14-16H2,1-4H3,(H,37,38,40)/t18-/m0/s1. The van der Waals surface area contributed by atoms with Crippen LogP contribution < -0.4 is 14.8 Å². The van der Waals surface area contributed by atoms with Crippen molar-refractivity contribution in [1.82, 2.24) is 44.9 Å². The predicted octanol–water partition coefficient (Wildman–Crippen LogP) is 5.99. The maximum Gasteiger partial charge on any atom is 0.422 e. The Hall–Kier alpha value is -5.10. The second-order valence-electron chi connectivity index (χ2n) is 13.6. The average Bonchev–Trinajstić information content (AvgIpc) is 3.63. The highest BCUT2D eigenvalue weighted by atomic mass is 19.4. The number of hydrogen-bond donors (Lipinski definition) is 1. The Labute approximate surface area is 282 Å². The van der Waals surface area contributed by atoms with Crippen LogP contribution in [0.1, 0.15) is 58.6 Å². The van der Waals surface area contributed by atoms with Gasteiger partial charge in [0.15, 0.2) is 6.61 Å². The second-order valence-corrected chi connectivity index (χ2v) is 13.6. The number of tetrazole rings is 1. The van der Waals surface area contributed by atoms with Crippen molar-refractivity contribution in [3.63, 3.8) is 0 Å². The molecule has 14 nitrogen and oxygen atoms in total. The number of anilines is 2. The van der Waals surface area contributed by atoms with Crippen molar-refractivity contribution in [2.24, 2.45) is 5.41 Å². The van der Waals surface area contributed by atoms with Crippen molar-refractivity contribution in [3.05, 3.63) is 48.7 Å². The highest BCUT2D eigenvalue weighted by Crippen LogP contribution is 2.54. The van der Waals surface area contributed by atoms with Crippen LogP contribution in [0.4, 0.5) is 38.4 Å². The number of aromatic nitrogens is 8. The van der Waals surface area contributed by atoms with E-state index in [1.807, 2.05) is 0 Å². The van der Waals surface area contributed by atoms with Crippen LogP contribution in [-0.4, -0.2) is 88.5 Å². The van der Waals surface area contributed by atoms with Crippen LogP contribution in [0.2, 0.25) is 0 Å². The minimum atomic E-state index is -4.59. The SMILES string of the molecule is C[C@@H](Cn1cnnn1)Oc1cc(-c2cnc(Nc3cn(C4CC5(C4)CN(C(=O)OC(C)(C)C)C5)nc3OCC(F)(F)F)nc2)ccc1C(F)F. The summed E-state index contributed by atoms with van der Waals surface area (Å²) in [4.78, 5) is 22.6. The number of alkyl halides is 5. The largest absolute Gasteiger partial charge is 0.488 e. The monoisotopic (exact) mass is 706 g/mol. The lowest BCUT2D eigenvalue weighted by Gasteiger charge is -2.58. The first kappa shape index (κ1) is 34.8. The van der Waals surface area contributed by atoms with Gasteiger partial charge in [-0.3, -0.25) is 4.68 Å². The number of nitrogens with zero attached hydrogens (tertiary/aromatic N) is 9. The minimum absolute atomic E-state index is 0.0311. The molecular weight excluding hydrogens is 671 g/mol. The van der Waals surface area contributed by atoms with Crippen LogP contribution in [0.5, 0.6) is 11.6 Å². The van der Waals surface area contributed by atoms with Gasteiger partial charge in [0, 0.05) is 36.5 Å². The van der Waals surface area contributed by atoms with Gasteiger partial charge >= 0.3 is 12.3 Å². The first-order valence-corrected chi connectivity index (χ1v) is 15.7. The zero-order valence-corrected chi connectivity index (χ0v) is 27.6. The fourth-order valence-electron chi connectivity index (χ4n) is 5.95. The number of rotatable bonds is 11. The summed E-state index contributed by atoms with van der Waals surface area (Å²) >= 11 is 0. The molecule has 1 saturated heterocycles. The Morgan fingerprint density at radius 3 is 2.44 bits per heavy atom. The summed E-state index contributed by atoms with van der Waals surface area (Å²) in [7, 11) is 0. The molecule has 19 heteroatoms. The van der Waals surface area contributed by atoms with Gasteiger partial charge in [-0.1, -0.05) is 6.07 Å². The van der Waals surface area contributed by atoms with Crippen LogP contribution >= 0.6 is 0 Å². The Bertz CT molecular complexity index is 1780. The van der Waals surface area contributed by atoms with Gasteiger partial charge in [0.2, 0.25) is 5.95 Å². The van der Waals surface area contributed by atoms with Gasteiger partial charge in [0.25, 0.3) is 12.3 Å². The molecule has 2 fully saturated rings. The van der Waals surface area contributed by atoms with Gasteiger partial charge in [-0.2, -0.15) is 13.2 Å². The maximum atomic E-state index is 13.8. The first-order chi connectivity index (χ1) is 23.5. The molecule has 1 aromatic carbocycles. The van der Waals surface area contributed by atoms with Crippen LogP contribution in [0.15, 0.2) is 43.1 Å². The number of likely N-dealkylation sites (tertiary alicyclic amines) is 1. The lowest BCUT2D eigenvalue weighted by molar-refractivity contribution is -0.154. The lowest BCUT2D eigenvalue weighted by atomic mass is 9.61. The Morgan fingerprint density at radius 2 is 1.82 bits per heavy atom. The van der Waals surface area contributed by atoms with Crippen molar-refractivity contribution in [2.75, 3.05) is 25.0 Å². The number of benzene rings is 1. The molecule has 2 aliphatic rings. The molecule has 50 heavy (non-hydrogen) atoms. The summed E-state index contributed by atoms with van der Waals surface area (Å²) in [6, 6.07) is 4.08. The molecule has 1 aliphatic carbocycles. The number of ether oxygens (including phenoxy) is 3. The topological polar surface area (TPSA) is 147 Å². The molecule has 0 radical (unpaired) electrons. The highest BCUT2D eigenvalue weighted by molar-refractivity contribution is 5.69. The molecular formula is C31H35F5N10O4. The fraction of sp³-hybridized carbons (Fsp3) is 0.516. The second kappa shape index (κ2) is 13.3. The third-order valence-electron chi connectivity index (χ3n) is 8.13. The molecule has 1 atom stereocenters. The number of amides is 1. The first-order valence-electron chi connectivity index (χ1n) is 15.7. The number of hydrogen-bond acceptors (Lipinski definition) is 11. The molecule has 0 unspecified atom stereocenters. The summed E-state index contributed by atoms with van der Waals surface area (Å²) in [6.07, 6.45) is -1.18. The number of carbonyl (C=O) groups excluding carboxylic acids is 1. The molecule has 4 aromatic rings. The van der Waals surface area contributed by atoms with Crippen molar-refractivity contribution < 1.29 is 41.0 Å². The van der Waals surface area contributed by atoms with Crippen LogP contribution in [0.3, 0.4) is 0 Å². The van der Waals surface area contributed by atoms with Gasteiger partial charge < -0.3 is 24.4 Å². The normalized spacial score (nSPS) is 16.6. The smallest absolute Gasteiger partial charge is 0.422 e. The van der Waals surface area contributed by atoms with Gasteiger partial charge in [0.05, 0.1) is 24.3 Å². The van der Waals surface area contributed by atoms with E-state index in [1.54, 1.807) is 37.3 Å². The third-order valence-corrected chi connectivity index (χ3v) is 8.13. The third kappa shape index (κ3) is 8.19. The van der Waals surface area contributed by atoms with Crippen molar-refractivity contribution in [2.45, 2.75) is 77.4 Å². The summed E-state index contributed by atoms with van der Waals surface area (Å²) in [6.45, 7) is 6.82. The van der Waals surface area contributed by atoms with Crippen LogP contribution in [0, 0.1) is 5.41 Å². The number of carbonyl (C=O) groups is 1. The zero-order chi connectivity index (χ0) is 35.8. The molecule has 0 bridgehead atoms. The quantitative estimate of drug-likeness (QED) is 0.184. The van der Waals surface area contributed by atoms with Gasteiger partial charge in [-0.05, 0) is 68.7 Å². The van der Waals surface area contributed by atoms with Gasteiger partial charge in [-0.15, -0.1) is 10.2 Å².